The molecule has 1 amide bonds. The van der Waals surface area contributed by atoms with E-state index in [0.29, 0.717) is 11.6 Å². The highest BCUT2D eigenvalue weighted by Crippen LogP contribution is 2.34. The van der Waals surface area contributed by atoms with E-state index in [9.17, 15) is 4.79 Å². The molecule has 178 valence electrons. The molecule has 9 heteroatoms. The van der Waals surface area contributed by atoms with Crippen molar-refractivity contribution in [2.75, 3.05) is 0 Å². The molecule has 0 spiro atoms. The highest BCUT2D eigenvalue weighted by molar-refractivity contribution is 7.13. The summed E-state index contributed by atoms with van der Waals surface area (Å²) in [4.78, 5) is 30.6. The maximum Gasteiger partial charge on any atom is 0.280 e. The lowest BCUT2D eigenvalue weighted by molar-refractivity contribution is 0.0950. The fourth-order valence-corrected chi connectivity index (χ4v) is 4.76. The fraction of sp³-hybridized carbons (Fsp3) is 0.269. The number of thiazole rings is 1. The first-order valence-electron chi connectivity index (χ1n) is 11.4. The van der Waals surface area contributed by atoms with Gasteiger partial charge in [0.25, 0.3) is 5.91 Å². The van der Waals surface area contributed by atoms with Crippen LogP contribution in [0.3, 0.4) is 0 Å². The molecule has 2 aliphatic rings. The predicted octanol–water partition coefficient (Wildman–Crippen LogP) is 4.97. The van der Waals surface area contributed by atoms with Crippen molar-refractivity contribution in [1.29, 1.82) is 0 Å². The van der Waals surface area contributed by atoms with Crippen molar-refractivity contribution < 1.29 is 4.79 Å². The number of fused-ring (bicyclic) bond motifs is 1. The molecule has 0 unspecified atom stereocenters. The van der Waals surface area contributed by atoms with Crippen molar-refractivity contribution in [3.05, 3.63) is 70.2 Å². The Kier molecular flexibility index (Phi) is 5.72. The number of H-pyrrole nitrogens is 1. The van der Waals surface area contributed by atoms with Crippen molar-refractivity contribution >= 4 is 17.2 Å². The smallest absolute Gasteiger partial charge is 0.280 e. The van der Waals surface area contributed by atoms with Gasteiger partial charge in [0.05, 0.1) is 29.6 Å². The first-order valence-corrected chi connectivity index (χ1v) is 12.2. The van der Waals surface area contributed by atoms with Gasteiger partial charge < -0.3 is 10.3 Å². The number of nitrogens with zero attached hydrogens (tertiary/aromatic N) is 5. The van der Waals surface area contributed by atoms with Gasteiger partial charge in [-0.15, -0.1) is 11.3 Å². The molecule has 0 radical (unpaired) electrons. The van der Waals surface area contributed by atoms with Crippen molar-refractivity contribution in [2.24, 2.45) is 7.05 Å². The summed E-state index contributed by atoms with van der Waals surface area (Å²) in [6.07, 6.45) is 7.23. The van der Waals surface area contributed by atoms with Crippen molar-refractivity contribution in [3.8, 4) is 33.9 Å². The van der Waals surface area contributed by atoms with Crippen LogP contribution in [0.15, 0.2) is 49.2 Å². The second-order valence-electron chi connectivity index (χ2n) is 9.66. The summed E-state index contributed by atoms with van der Waals surface area (Å²) in [5, 5.41) is 7.73. The van der Waals surface area contributed by atoms with Crippen LogP contribution in [0.5, 0.6) is 0 Å². The minimum atomic E-state index is -0.153. The molecule has 0 atom stereocenters. The van der Waals surface area contributed by atoms with Crippen LogP contribution in [0.2, 0.25) is 0 Å². The van der Waals surface area contributed by atoms with Crippen molar-refractivity contribution in [3.63, 3.8) is 0 Å². The Balaban J connectivity index is 1.35. The zero-order valence-corrected chi connectivity index (χ0v) is 21.2. The summed E-state index contributed by atoms with van der Waals surface area (Å²) in [5.41, 5.74) is 7.41. The lowest BCUT2D eigenvalue weighted by Crippen LogP contribution is -2.23. The SMILES string of the molecule is Cc1cc(-c2nc[nH]c3cc(-c4cnn(C)c4)nc2-3)ccc1CNC(=O)c1ncc(C(C)(C)C)s1. The van der Waals surface area contributed by atoms with Gasteiger partial charge in [0.1, 0.15) is 5.69 Å². The number of aryl methyl sites for hydroxylation is 2. The normalized spacial score (nSPS) is 11.8. The summed E-state index contributed by atoms with van der Waals surface area (Å²) >= 11 is 1.44. The third kappa shape index (κ3) is 4.59. The molecular formula is C26H27N7OS. The van der Waals surface area contributed by atoms with E-state index in [1.807, 2.05) is 38.4 Å². The highest BCUT2D eigenvalue weighted by Gasteiger charge is 2.21. The zero-order valence-electron chi connectivity index (χ0n) is 20.4. The summed E-state index contributed by atoms with van der Waals surface area (Å²) in [7, 11) is 1.89. The monoisotopic (exact) mass is 485 g/mol. The Morgan fingerprint density at radius 2 is 1.94 bits per heavy atom. The van der Waals surface area contributed by atoms with Gasteiger partial charge in [0, 0.05) is 42.0 Å². The molecule has 0 bridgehead atoms. The average molecular weight is 486 g/mol. The van der Waals surface area contributed by atoms with E-state index in [0.717, 1.165) is 49.9 Å². The van der Waals surface area contributed by atoms with Crippen LogP contribution in [-0.4, -0.2) is 35.6 Å². The Bertz CT molecular complexity index is 1490. The van der Waals surface area contributed by atoms with Gasteiger partial charge in [0.15, 0.2) is 5.01 Å². The number of rotatable bonds is 5. The first-order chi connectivity index (χ1) is 16.7. The molecule has 35 heavy (non-hydrogen) atoms. The maximum absolute atomic E-state index is 12.6. The molecule has 4 heterocycles. The van der Waals surface area contributed by atoms with Gasteiger partial charge in [-0.1, -0.05) is 32.9 Å². The van der Waals surface area contributed by atoms with Crippen LogP contribution < -0.4 is 5.32 Å². The van der Waals surface area contributed by atoms with E-state index in [1.54, 1.807) is 23.4 Å². The second-order valence-corrected chi connectivity index (χ2v) is 10.7. The maximum atomic E-state index is 12.6. The first kappa shape index (κ1) is 22.9. The molecule has 2 aliphatic heterocycles. The van der Waals surface area contributed by atoms with E-state index in [1.165, 1.54) is 11.3 Å². The third-order valence-corrected chi connectivity index (χ3v) is 7.32. The molecule has 1 aromatic carbocycles. The summed E-state index contributed by atoms with van der Waals surface area (Å²) < 4.78 is 1.76. The molecule has 8 nitrogen and oxygen atoms in total. The molecular weight excluding hydrogens is 458 g/mol. The zero-order chi connectivity index (χ0) is 24.7. The largest absolute Gasteiger partial charge is 0.346 e. The Morgan fingerprint density at radius 3 is 2.63 bits per heavy atom. The average Bonchev–Trinajstić information content (AvgIpc) is 3.56. The quantitative estimate of drug-likeness (QED) is 0.366. The van der Waals surface area contributed by atoms with Gasteiger partial charge in [-0.2, -0.15) is 5.10 Å². The number of hydrogen-bond acceptors (Lipinski definition) is 6. The number of nitrogens with one attached hydrogen (secondary N) is 2. The number of aromatic amines is 1. The van der Waals surface area contributed by atoms with Gasteiger partial charge in [0.2, 0.25) is 0 Å². The van der Waals surface area contributed by atoms with Crippen molar-refractivity contribution in [2.45, 2.75) is 39.7 Å². The predicted molar refractivity (Wildman–Crippen MR) is 137 cm³/mol. The standard InChI is InChI=1S/C26H27N7OS/c1-15-8-16(6-7-17(15)10-27-24(34)25-28-12-21(35-25)26(2,3)4)22-23-20(29-14-30-22)9-19(32-23)18-11-31-33(5)13-18/h6-9,11-14H,10H2,1-5H3,(H,27,34)(H,29,30). The highest BCUT2D eigenvalue weighted by atomic mass is 32.1. The lowest BCUT2D eigenvalue weighted by Gasteiger charge is -2.14. The minimum absolute atomic E-state index is 0.0212. The minimum Gasteiger partial charge on any atom is -0.346 e. The number of carbonyl (C=O) groups excluding carboxylic acids is 1. The Hall–Kier alpha value is -3.85. The van der Waals surface area contributed by atoms with Gasteiger partial charge in [-0.25, -0.2) is 15.0 Å². The Labute approximate surface area is 207 Å². The molecule has 0 aliphatic carbocycles. The molecule has 5 rings (SSSR count). The number of aromatic nitrogens is 6. The summed E-state index contributed by atoms with van der Waals surface area (Å²) in [6, 6.07) is 8.15. The molecule has 0 fully saturated rings. The third-order valence-electron chi connectivity index (χ3n) is 5.90. The van der Waals surface area contributed by atoms with Gasteiger partial charge in [-0.3, -0.25) is 9.48 Å². The fourth-order valence-electron chi connectivity index (χ4n) is 3.87. The number of hydrogen-bond donors (Lipinski definition) is 2. The van der Waals surface area contributed by atoms with E-state index in [-0.39, 0.29) is 11.3 Å². The molecule has 0 saturated carbocycles. The lowest BCUT2D eigenvalue weighted by atomic mass is 9.96. The van der Waals surface area contributed by atoms with E-state index in [4.69, 9.17) is 4.98 Å². The molecule has 0 saturated heterocycles. The van der Waals surface area contributed by atoms with Crippen LogP contribution >= 0.6 is 11.3 Å². The number of amides is 1. The van der Waals surface area contributed by atoms with Crippen LogP contribution in [0.25, 0.3) is 33.9 Å². The van der Waals surface area contributed by atoms with E-state index >= 15 is 0 Å². The molecule has 2 aromatic heterocycles. The van der Waals surface area contributed by atoms with E-state index in [2.05, 4.69) is 52.2 Å². The van der Waals surface area contributed by atoms with Crippen LogP contribution in [0.1, 0.15) is 46.6 Å². The van der Waals surface area contributed by atoms with Crippen LogP contribution in [0.4, 0.5) is 0 Å². The second kappa shape index (κ2) is 8.74. The molecule has 2 N–H and O–H groups in total. The van der Waals surface area contributed by atoms with Crippen LogP contribution in [-0.2, 0) is 19.0 Å². The summed E-state index contributed by atoms with van der Waals surface area (Å²) in [6.45, 7) is 8.82. The topological polar surface area (TPSA) is 101 Å². The van der Waals surface area contributed by atoms with Gasteiger partial charge >= 0.3 is 0 Å². The number of benzene rings is 1. The Morgan fingerprint density at radius 1 is 1.11 bits per heavy atom. The summed E-state index contributed by atoms with van der Waals surface area (Å²) in [5.74, 6) is -0.153. The van der Waals surface area contributed by atoms with Gasteiger partial charge in [-0.05, 0) is 35.6 Å². The van der Waals surface area contributed by atoms with E-state index < -0.39 is 0 Å². The molecule has 3 aromatic rings. The van der Waals surface area contributed by atoms with Crippen LogP contribution in [0, 0.1) is 6.92 Å². The van der Waals surface area contributed by atoms with Crippen molar-refractivity contribution in [1.82, 2.24) is 35.0 Å². The number of carbonyl (C=O) groups is 1.